The molecule has 8 nitrogen and oxygen atoms in total. The lowest BCUT2D eigenvalue weighted by Gasteiger charge is -2.35. The zero-order chi connectivity index (χ0) is 32.9. The lowest BCUT2D eigenvalue weighted by atomic mass is 9.92. The Bertz CT molecular complexity index is 1810. The van der Waals surface area contributed by atoms with Gasteiger partial charge in [0.15, 0.2) is 0 Å². The number of likely N-dealkylation sites (N-methyl/N-ethyl adjacent to an activating group) is 1. The number of nitrogens with zero attached hydrogens (tertiary/aromatic N) is 3. The molecule has 5 aromatic rings. The van der Waals surface area contributed by atoms with Crippen molar-refractivity contribution in [3.63, 3.8) is 0 Å². The lowest BCUT2D eigenvalue weighted by molar-refractivity contribution is 0.0561. The molecule has 0 amide bonds. The first-order valence-electron chi connectivity index (χ1n) is 17.1. The molecule has 2 fully saturated rings. The molecule has 3 heterocycles. The van der Waals surface area contributed by atoms with Gasteiger partial charge in [-0.3, -0.25) is 9.69 Å². The summed E-state index contributed by atoms with van der Waals surface area (Å²) in [5, 5.41) is 5.02. The molecule has 0 spiro atoms. The highest BCUT2D eigenvalue weighted by Crippen LogP contribution is 2.42. The highest BCUT2D eigenvalue weighted by atomic mass is 32.1. The molecule has 7 rings (SSSR count). The van der Waals surface area contributed by atoms with E-state index in [0.29, 0.717) is 30.7 Å². The van der Waals surface area contributed by atoms with E-state index in [1.807, 2.05) is 72.8 Å². The van der Waals surface area contributed by atoms with Crippen molar-refractivity contribution < 1.29 is 23.5 Å². The minimum Gasteiger partial charge on any atom is -0.492 e. The number of fused-ring (bicyclic) bond motifs is 1. The van der Waals surface area contributed by atoms with Crippen LogP contribution in [0.3, 0.4) is 0 Å². The van der Waals surface area contributed by atoms with Crippen molar-refractivity contribution in [3.8, 4) is 27.8 Å². The standard InChI is InChI=1S/C39H43N3O5S/c1-41(2)32-12-6-7-13-33(32)46-36-25-34(47-40-36)38(43)37-31-19-18-30(45-26-27-10-4-3-5-11-27)24-35(31)48-39(37)28-14-16-29(17-15-28)44-23-22-42-20-8-9-21-42/h3-5,10-11,14-19,24-25,32-33H,6-9,12-13,20-23,26H2,1-2H3. The maximum atomic E-state index is 14.3. The van der Waals surface area contributed by atoms with Gasteiger partial charge in [0.05, 0.1) is 11.6 Å². The van der Waals surface area contributed by atoms with Gasteiger partial charge in [-0.25, -0.2) is 0 Å². The van der Waals surface area contributed by atoms with E-state index in [2.05, 4.69) is 29.1 Å². The summed E-state index contributed by atoms with van der Waals surface area (Å²) in [4.78, 5) is 19.8. The molecule has 0 bridgehead atoms. The fraction of sp³-hybridized carbons (Fsp3) is 0.385. The van der Waals surface area contributed by atoms with E-state index in [9.17, 15) is 4.79 Å². The van der Waals surface area contributed by atoms with Crippen LogP contribution in [0, 0.1) is 0 Å². The van der Waals surface area contributed by atoms with Gasteiger partial charge in [0, 0.05) is 27.5 Å². The van der Waals surface area contributed by atoms with Gasteiger partial charge in [-0.05, 0) is 118 Å². The Balaban J connectivity index is 1.15. The van der Waals surface area contributed by atoms with Crippen LogP contribution in [0.5, 0.6) is 17.4 Å². The van der Waals surface area contributed by atoms with Crippen molar-refractivity contribution >= 4 is 27.2 Å². The monoisotopic (exact) mass is 665 g/mol. The molecule has 1 aliphatic heterocycles. The molecule has 1 saturated carbocycles. The number of rotatable bonds is 13. The van der Waals surface area contributed by atoms with Gasteiger partial charge in [0.1, 0.15) is 30.8 Å². The molecular formula is C39H43N3O5S. The Morgan fingerprint density at radius 3 is 2.48 bits per heavy atom. The average Bonchev–Trinajstić information content (AvgIpc) is 3.89. The molecule has 3 aromatic carbocycles. The largest absolute Gasteiger partial charge is 0.492 e. The third kappa shape index (κ3) is 7.43. The highest BCUT2D eigenvalue weighted by Gasteiger charge is 2.30. The number of benzene rings is 3. The Labute approximate surface area is 286 Å². The molecule has 1 saturated heterocycles. The first kappa shape index (κ1) is 32.4. The SMILES string of the molecule is CN(C)C1CCCCC1Oc1cc(C(=O)c2c(-c3ccc(OCCN4CCCC4)cc3)sc3cc(OCc4ccccc4)ccc23)on1. The van der Waals surface area contributed by atoms with Crippen molar-refractivity contribution in [2.24, 2.45) is 0 Å². The van der Waals surface area contributed by atoms with E-state index in [-0.39, 0.29) is 17.6 Å². The highest BCUT2D eigenvalue weighted by molar-refractivity contribution is 7.22. The molecule has 250 valence electrons. The third-order valence-corrected chi connectivity index (χ3v) is 10.6. The van der Waals surface area contributed by atoms with E-state index >= 15 is 0 Å². The second-order valence-corrected chi connectivity index (χ2v) is 14.0. The Morgan fingerprint density at radius 2 is 1.69 bits per heavy atom. The summed E-state index contributed by atoms with van der Waals surface area (Å²) in [5.74, 6) is 1.85. The number of ketones is 1. The van der Waals surface area contributed by atoms with Crippen LogP contribution in [-0.4, -0.2) is 73.2 Å². The first-order valence-corrected chi connectivity index (χ1v) is 17.9. The second kappa shape index (κ2) is 14.9. The number of thiophene rings is 1. The van der Waals surface area contributed by atoms with E-state index in [1.165, 1.54) is 19.3 Å². The van der Waals surface area contributed by atoms with Crippen molar-refractivity contribution in [2.75, 3.05) is 40.3 Å². The van der Waals surface area contributed by atoms with Crippen LogP contribution in [0.1, 0.15) is 60.2 Å². The fourth-order valence-corrected chi connectivity index (χ4v) is 8.08. The Morgan fingerprint density at radius 1 is 0.917 bits per heavy atom. The van der Waals surface area contributed by atoms with E-state index in [4.69, 9.17) is 18.7 Å². The lowest BCUT2D eigenvalue weighted by Crippen LogP contribution is -2.44. The molecule has 0 radical (unpaired) electrons. The van der Waals surface area contributed by atoms with Gasteiger partial charge < -0.3 is 23.6 Å². The number of ether oxygens (including phenoxy) is 3. The first-order chi connectivity index (χ1) is 23.5. The van der Waals surface area contributed by atoms with Crippen LogP contribution in [0.2, 0.25) is 0 Å². The second-order valence-electron chi connectivity index (χ2n) is 13.0. The maximum absolute atomic E-state index is 14.3. The summed E-state index contributed by atoms with van der Waals surface area (Å²) < 4.78 is 25.1. The topological polar surface area (TPSA) is 77.3 Å². The fourth-order valence-electron chi connectivity index (χ4n) is 6.84. The van der Waals surface area contributed by atoms with Gasteiger partial charge in [-0.1, -0.05) is 36.8 Å². The maximum Gasteiger partial charge on any atom is 0.255 e. The molecule has 1 aliphatic carbocycles. The zero-order valence-corrected chi connectivity index (χ0v) is 28.5. The summed E-state index contributed by atoms with van der Waals surface area (Å²) >= 11 is 1.57. The summed E-state index contributed by atoms with van der Waals surface area (Å²) in [6, 6.07) is 26.0. The summed E-state index contributed by atoms with van der Waals surface area (Å²) in [6.45, 7) is 4.36. The summed E-state index contributed by atoms with van der Waals surface area (Å²) in [7, 11) is 4.16. The van der Waals surface area contributed by atoms with Gasteiger partial charge in [0.2, 0.25) is 11.5 Å². The van der Waals surface area contributed by atoms with Crippen molar-refractivity contribution in [2.45, 2.75) is 57.3 Å². The van der Waals surface area contributed by atoms with Crippen LogP contribution in [0.25, 0.3) is 20.5 Å². The molecule has 2 atom stereocenters. The van der Waals surface area contributed by atoms with Gasteiger partial charge in [-0.15, -0.1) is 11.3 Å². The number of hydrogen-bond acceptors (Lipinski definition) is 9. The van der Waals surface area contributed by atoms with Gasteiger partial charge >= 0.3 is 0 Å². The van der Waals surface area contributed by atoms with Crippen molar-refractivity contribution in [1.82, 2.24) is 15.0 Å². The molecule has 0 N–H and O–H groups in total. The predicted octanol–water partition coefficient (Wildman–Crippen LogP) is 8.09. The molecular weight excluding hydrogens is 623 g/mol. The van der Waals surface area contributed by atoms with Crippen LogP contribution in [0.15, 0.2) is 83.4 Å². The van der Waals surface area contributed by atoms with E-state index < -0.39 is 0 Å². The molecule has 2 aromatic heterocycles. The minimum absolute atomic E-state index is 0.00438. The van der Waals surface area contributed by atoms with Crippen molar-refractivity contribution in [1.29, 1.82) is 0 Å². The number of hydrogen-bond donors (Lipinski definition) is 0. The average molecular weight is 666 g/mol. The van der Waals surface area contributed by atoms with E-state index in [0.717, 1.165) is 76.5 Å². The molecule has 48 heavy (non-hydrogen) atoms. The van der Waals surface area contributed by atoms with Crippen LogP contribution in [-0.2, 0) is 6.61 Å². The van der Waals surface area contributed by atoms with E-state index in [1.54, 1.807) is 17.4 Å². The molecule has 2 aliphatic rings. The van der Waals surface area contributed by atoms with Gasteiger partial charge in [-0.2, -0.15) is 0 Å². The molecule has 9 heteroatoms. The number of carbonyl (C=O) groups excluding carboxylic acids is 1. The Kier molecular flexibility index (Phi) is 10.1. The van der Waals surface area contributed by atoms with Gasteiger partial charge in [0.25, 0.3) is 5.88 Å². The van der Waals surface area contributed by atoms with Crippen LogP contribution < -0.4 is 14.2 Å². The summed E-state index contributed by atoms with van der Waals surface area (Å²) in [6.07, 6.45) is 6.86. The minimum atomic E-state index is -0.227. The number of aromatic nitrogens is 1. The zero-order valence-electron chi connectivity index (χ0n) is 27.7. The normalized spacial score (nSPS) is 18.4. The quantitative estimate of drug-likeness (QED) is 0.117. The molecule has 2 unspecified atom stereocenters. The predicted molar refractivity (Wildman–Crippen MR) is 189 cm³/mol. The van der Waals surface area contributed by atoms with Crippen molar-refractivity contribution in [3.05, 3.63) is 95.7 Å². The summed E-state index contributed by atoms with van der Waals surface area (Å²) in [5.41, 5.74) is 2.61. The third-order valence-electron chi connectivity index (χ3n) is 9.44. The number of likely N-dealkylation sites (tertiary alicyclic amines) is 1. The Hall–Kier alpha value is -4.18. The smallest absolute Gasteiger partial charge is 0.255 e. The van der Waals surface area contributed by atoms with Crippen LogP contribution >= 0.6 is 11.3 Å². The number of carbonyl (C=O) groups is 1. The van der Waals surface area contributed by atoms with Crippen LogP contribution in [0.4, 0.5) is 0 Å².